The van der Waals surface area contributed by atoms with Crippen LogP contribution in [0.3, 0.4) is 0 Å². The van der Waals surface area contributed by atoms with Crippen molar-refractivity contribution in [3.8, 4) is 0 Å². The third-order valence-electron chi connectivity index (χ3n) is 2.60. The Kier molecular flexibility index (Phi) is 4.26. The average molecular weight is 329 g/mol. The highest BCUT2D eigenvalue weighted by Gasteiger charge is 2.17. The lowest BCUT2D eigenvalue weighted by Crippen LogP contribution is -2.18. The van der Waals surface area contributed by atoms with E-state index < -0.39 is 21.7 Å². The van der Waals surface area contributed by atoms with Crippen LogP contribution in [0.1, 0.15) is 10.4 Å². The molecule has 1 amide bonds. The van der Waals surface area contributed by atoms with Gasteiger partial charge in [0.05, 0.1) is 5.69 Å². The lowest BCUT2D eigenvalue weighted by atomic mass is 10.2. The molecule has 8 heteroatoms. The molecular formula is C13H10ClFN2O3S. The maximum atomic E-state index is 13.2. The third kappa shape index (κ3) is 3.78. The van der Waals surface area contributed by atoms with Gasteiger partial charge in [0.2, 0.25) is 10.0 Å². The summed E-state index contributed by atoms with van der Waals surface area (Å²) in [5.41, 5.74) is 0.0153. The zero-order valence-electron chi connectivity index (χ0n) is 10.5. The van der Waals surface area contributed by atoms with Crippen LogP contribution in [0.2, 0.25) is 5.02 Å². The highest BCUT2D eigenvalue weighted by atomic mass is 35.5. The second-order valence-electron chi connectivity index (χ2n) is 4.15. The van der Waals surface area contributed by atoms with Crippen LogP contribution in [0.25, 0.3) is 0 Å². The summed E-state index contributed by atoms with van der Waals surface area (Å²) in [6, 6.07) is 8.72. The van der Waals surface area contributed by atoms with Crippen LogP contribution in [-0.4, -0.2) is 14.3 Å². The van der Waals surface area contributed by atoms with Gasteiger partial charge in [-0.2, -0.15) is 0 Å². The van der Waals surface area contributed by atoms with Crippen LogP contribution in [0.15, 0.2) is 47.4 Å². The summed E-state index contributed by atoms with van der Waals surface area (Å²) in [5.74, 6) is -1.31. The predicted octanol–water partition coefficient (Wildman–Crippen LogP) is 2.38. The highest BCUT2D eigenvalue weighted by Crippen LogP contribution is 2.22. The van der Waals surface area contributed by atoms with E-state index in [2.05, 4.69) is 5.32 Å². The number of carbonyl (C=O) groups excluding carboxylic acids is 1. The topological polar surface area (TPSA) is 89.3 Å². The van der Waals surface area contributed by atoms with E-state index in [1.54, 1.807) is 0 Å². The van der Waals surface area contributed by atoms with Crippen molar-refractivity contribution in [2.45, 2.75) is 4.90 Å². The number of nitrogens with one attached hydrogen (secondary N) is 1. The number of benzene rings is 2. The van der Waals surface area contributed by atoms with Gasteiger partial charge in [-0.3, -0.25) is 4.79 Å². The summed E-state index contributed by atoms with van der Waals surface area (Å²) in [5, 5.41) is 7.78. The van der Waals surface area contributed by atoms with Crippen molar-refractivity contribution >= 4 is 33.2 Å². The van der Waals surface area contributed by atoms with Crippen molar-refractivity contribution in [1.29, 1.82) is 0 Å². The fourth-order valence-electron chi connectivity index (χ4n) is 1.64. The summed E-state index contributed by atoms with van der Waals surface area (Å²) < 4.78 is 36.1. The average Bonchev–Trinajstić information content (AvgIpc) is 2.38. The fourth-order valence-corrected chi connectivity index (χ4v) is 2.44. The molecule has 0 aliphatic heterocycles. The first-order chi connectivity index (χ1) is 9.77. The van der Waals surface area contributed by atoms with Gasteiger partial charge < -0.3 is 5.32 Å². The van der Waals surface area contributed by atoms with Crippen LogP contribution in [0.4, 0.5) is 10.1 Å². The Morgan fingerprint density at radius 3 is 2.33 bits per heavy atom. The smallest absolute Gasteiger partial charge is 0.255 e. The monoisotopic (exact) mass is 328 g/mol. The number of amides is 1. The molecule has 0 radical (unpaired) electrons. The largest absolute Gasteiger partial charge is 0.321 e. The van der Waals surface area contributed by atoms with Crippen molar-refractivity contribution < 1.29 is 17.6 Å². The molecule has 0 saturated heterocycles. The van der Waals surface area contributed by atoms with Crippen LogP contribution in [0, 0.1) is 5.82 Å². The number of nitrogens with two attached hydrogens (primary N) is 1. The van der Waals surface area contributed by atoms with Gasteiger partial charge in [0, 0.05) is 10.6 Å². The number of hydrogen-bond acceptors (Lipinski definition) is 3. The number of primary sulfonamides is 1. The molecule has 2 aromatic rings. The van der Waals surface area contributed by atoms with Crippen LogP contribution in [0.5, 0.6) is 0 Å². The van der Waals surface area contributed by atoms with Gasteiger partial charge in [-0.05, 0) is 42.5 Å². The molecule has 21 heavy (non-hydrogen) atoms. The summed E-state index contributed by atoms with van der Waals surface area (Å²) in [4.78, 5) is 11.6. The molecule has 5 nitrogen and oxygen atoms in total. The molecule has 2 aromatic carbocycles. The van der Waals surface area contributed by atoms with E-state index in [1.165, 1.54) is 24.3 Å². The molecule has 110 valence electrons. The summed E-state index contributed by atoms with van der Waals surface area (Å²) >= 11 is 5.71. The molecule has 0 heterocycles. The van der Waals surface area contributed by atoms with E-state index in [1.807, 2.05) is 0 Å². The van der Waals surface area contributed by atoms with Gasteiger partial charge in [-0.15, -0.1) is 0 Å². The summed E-state index contributed by atoms with van der Waals surface area (Å²) in [6.07, 6.45) is 0. The number of halogens is 2. The first-order valence-electron chi connectivity index (χ1n) is 5.66. The molecule has 0 spiro atoms. The van der Waals surface area contributed by atoms with Gasteiger partial charge in [0.15, 0.2) is 0 Å². The molecule has 0 unspecified atom stereocenters. The molecule has 0 fully saturated rings. The molecule has 0 saturated carbocycles. The van der Waals surface area contributed by atoms with Crippen LogP contribution >= 0.6 is 11.6 Å². The molecule has 0 aromatic heterocycles. The first kappa shape index (κ1) is 15.4. The fraction of sp³-hybridized carbons (Fsp3) is 0. The Hall–Kier alpha value is -1.96. The van der Waals surface area contributed by atoms with E-state index in [0.717, 1.165) is 18.2 Å². The minimum absolute atomic E-state index is 0.225. The Bertz CT molecular complexity index is 792. The molecule has 0 bridgehead atoms. The normalized spacial score (nSPS) is 11.2. The van der Waals surface area contributed by atoms with Crippen LogP contribution < -0.4 is 10.5 Å². The zero-order valence-corrected chi connectivity index (χ0v) is 12.1. The van der Waals surface area contributed by atoms with Gasteiger partial charge in [-0.25, -0.2) is 17.9 Å². The van der Waals surface area contributed by atoms with Gasteiger partial charge in [0.1, 0.15) is 10.7 Å². The van der Waals surface area contributed by atoms with Crippen molar-refractivity contribution in [1.82, 2.24) is 0 Å². The molecule has 0 atom stereocenters. The van der Waals surface area contributed by atoms with E-state index in [4.69, 9.17) is 16.7 Å². The minimum atomic E-state index is -4.09. The number of carbonyl (C=O) groups is 1. The maximum absolute atomic E-state index is 13.2. The van der Waals surface area contributed by atoms with E-state index in [0.29, 0.717) is 5.02 Å². The second kappa shape index (κ2) is 5.80. The highest BCUT2D eigenvalue weighted by molar-refractivity contribution is 7.89. The third-order valence-corrected chi connectivity index (χ3v) is 3.82. The van der Waals surface area contributed by atoms with Crippen molar-refractivity contribution in [3.05, 3.63) is 58.9 Å². The number of rotatable bonds is 3. The first-order valence-corrected chi connectivity index (χ1v) is 7.59. The maximum Gasteiger partial charge on any atom is 0.255 e. The second-order valence-corrected chi connectivity index (χ2v) is 6.11. The van der Waals surface area contributed by atoms with Crippen molar-refractivity contribution in [2.75, 3.05) is 5.32 Å². The standard InChI is InChI=1S/C13H10ClFN2O3S/c14-9-3-1-8(2-4-9)13(18)17-11-7-10(15)5-6-12(11)21(16,19)20/h1-7H,(H,17,18)(H2,16,19,20). The predicted molar refractivity (Wildman–Crippen MR) is 77.2 cm³/mol. The SMILES string of the molecule is NS(=O)(=O)c1ccc(F)cc1NC(=O)c1ccc(Cl)cc1. The summed E-state index contributed by atoms with van der Waals surface area (Å²) in [7, 11) is -4.09. The van der Waals surface area contributed by atoms with Crippen LogP contribution in [-0.2, 0) is 10.0 Å². The Labute approximate surface area is 125 Å². The van der Waals surface area contributed by atoms with E-state index >= 15 is 0 Å². The van der Waals surface area contributed by atoms with E-state index in [-0.39, 0.29) is 16.1 Å². The Morgan fingerprint density at radius 2 is 1.76 bits per heavy atom. The van der Waals surface area contributed by atoms with Crippen molar-refractivity contribution in [3.63, 3.8) is 0 Å². The number of anilines is 1. The molecule has 2 rings (SSSR count). The van der Waals surface area contributed by atoms with Crippen molar-refractivity contribution in [2.24, 2.45) is 5.14 Å². The zero-order chi connectivity index (χ0) is 15.6. The van der Waals surface area contributed by atoms with Gasteiger partial charge in [0.25, 0.3) is 5.91 Å². The van der Waals surface area contributed by atoms with E-state index in [9.17, 15) is 17.6 Å². The Balaban J connectivity index is 2.37. The Morgan fingerprint density at radius 1 is 1.14 bits per heavy atom. The quantitative estimate of drug-likeness (QED) is 0.906. The lowest BCUT2D eigenvalue weighted by Gasteiger charge is -2.10. The molecule has 0 aliphatic rings. The minimum Gasteiger partial charge on any atom is -0.321 e. The molecule has 3 N–H and O–H groups in total. The van der Waals surface area contributed by atoms with Gasteiger partial charge in [-0.1, -0.05) is 11.6 Å². The lowest BCUT2D eigenvalue weighted by molar-refractivity contribution is 0.102. The number of hydrogen-bond donors (Lipinski definition) is 2. The summed E-state index contributed by atoms with van der Waals surface area (Å²) in [6.45, 7) is 0. The molecular weight excluding hydrogens is 319 g/mol. The van der Waals surface area contributed by atoms with Gasteiger partial charge >= 0.3 is 0 Å². The number of sulfonamides is 1. The molecule has 0 aliphatic carbocycles.